The van der Waals surface area contributed by atoms with Crippen LogP contribution in [0, 0.1) is 0 Å². The van der Waals surface area contributed by atoms with Gasteiger partial charge in [-0.25, -0.2) is 0 Å². The molecule has 0 unspecified atom stereocenters. The Balaban J connectivity index is 1.39. The molecule has 0 saturated heterocycles. The van der Waals surface area contributed by atoms with Gasteiger partial charge in [0.05, 0.1) is 0 Å². The lowest BCUT2D eigenvalue weighted by atomic mass is 10.2. The van der Waals surface area contributed by atoms with Gasteiger partial charge >= 0.3 is 0 Å². The molecule has 0 atom stereocenters. The summed E-state index contributed by atoms with van der Waals surface area (Å²) in [5, 5.41) is 3.74. The average Bonchev–Trinajstić information content (AvgIpc) is 3.13. The summed E-state index contributed by atoms with van der Waals surface area (Å²) in [6.07, 6.45) is 0. The maximum atomic E-state index is 12.3. The van der Waals surface area contributed by atoms with Crippen LogP contribution >= 0.6 is 0 Å². The second-order valence-electron chi connectivity index (χ2n) is 5.90. The largest absolute Gasteiger partial charge is 0.489 e. The minimum Gasteiger partial charge on any atom is -0.489 e. The lowest BCUT2D eigenvalue weighted by molar-refractivity contribution is 0.0998. The fourth-order valence-corrected chi connectivity index (χ4v) is 2.66. The van der Waals surface area contributed by atoms with E-state index < -0.39 is 0 Å². The third kappa shape index (κ3) is 3.59. The second-order valence-corrected chi connectivity index (χ2v) is 5.90. The first-order chi connectivity index (χ1) is 12.8. The van der Waals surface area contributed by atoms with Gasteiger partial charge in [-0.3, -0.25) is 4.79 Å². The van der Waals surface area contributed by atoms with Crippen molar-refractivity contribution in [2.75, 3.05) is 5.32 Å². The highest BCUT2D eigenvalue weighted by Gasteiger charge is 2.12. The Morgan fingerprint density at radius 2 is 1.62 bits per heavy atom. The van der Waals surface area contributed by atoms with Crippen LogP contribution in [0.15, 0.2) is 89.3 Å². The van der Waals surface area contributed by atoms with Crippen LogP contribution in [0.2, 0.25) is 0 Å². The number of furan rings is 1. The van der Waals surface area contributed by atoms with Crippen LogP contribution < -0.4 is 10.1 Å². The number of anilines is 1. The number of fused-ring (bicyclic) bond motifs is 1. The summed E-state index contributed by atoms with van der Waals surface area (Å²) in [4.78, 5) is 12.3. The van der Waals surface area contributed by atoms with Crippen LogP contribution in [0.5, 0.6) is 5.75 Å². The molecular formula is C22H17NO3. The minimum absolute atomic E-state index is 0.279. The number of nitrogens with one attached hydrogen (secondary N) is 1. The average molecular weight is 343 g/mol. The van der Waals surface area contributed by atoms with Crippen LogP contribution in [-0.4, -0.2) is 5.91 Å². The number of rotatable bonds is 5. The number of hydrogen-bond acceptors (Lipinski definition) is 3. The predicted octanol–water partition coefficient (Wildman–Crippen LogP) is 5.26. The number of carbonyl (C=O) groups excluding carboxylic acids is 1. The Morgan fingerprint density at radius 3 is 2.38 bits per heavy atom. The van der Waals surface area contributed by atoms with Gasteiger partial charge in [0.25, 0.3) is 5.91 Å². The molecule has 1 heterocycles. The number of amides is 1. The number of ether oxygens (including phenoxy) is 1. The Hall–Kier alpha value is -3.53. The van der Waals surface area contributed by atoms with Crippen molar-refractivity contribution >= 4 is 22.6 Å². The van der Waals surface area contributed by atoms with Crippen molar-refractivity contribution in [1.82, 2.24) is 0 Å². The van der Waals surface area contributed by atoms with Crippen molar-refractivity contribution in [3.8, 4) is 5.75 Å². The SMILES string of the molecule is O=C(Nc1ccc(OCc2ccccc2)cc1)c1cc2ccccc2o1. The summed E-state index contributed by atoms with van der Waals surface area (Å²) < 4.78 is 11.3. The molecule has 0 spiro atoms. The standard InChI is InChI=1S/C22H17NO3/c24-22(21-14-17-8-4-5-9-20(17)26-21)23-18-10-12-19(13-11-18)25-15-16-6-2-1-3-7-16/h1-14H,15H2,(H,23,24). The van der Waals surface area contributed by atoms with E-state index in [2.05, 4.69) is 5.32 Å². The number of para-hydroxylation sites is 1. The van der Waals surface area contributed by atoms with E-state index in [1.165, 1.54) is 0 Å². The molecule has 0 radical (unpaired) electrons. The summed E-state index contributed by atoms with van der Waals surface area (Å²) in [7, 11) is 0. The van der Waals surface area contributed by atoms with Crippen LogP contribution in [-0.2, 0) is 6.61 Å². The van der Waals surface area contributed by atoms with Crippen molar-refractivity contribution in [3.63, 3.8) is 0 Å². The summed E-state index contributed by atoms with van der Waals surface area (Å²) in [6, 6.07) is 26.5. The summed E-state index contributed by atoms with van der Waals surface area (Å²) in [6.45, 7) is 0.505. The van der Waals surface area contributed by atoms with Gasteiger partial charge in [0, 0.05) is 11.1 Å². The lowest BCUT2D eigenvalue weighted by Crippen LogP contribution is -2.10. The highest BCUT2D eigenvalue weighted by atomic mass is 16.5. The molecule has 4 aromatic rings. The van der Waals surface area contributed by atoms with Crippen molar-refractivity contribution in [2.24, 2.45) is 0 Å². The Morgan fingerprint density at radius 1 is 0.885 bits per heavy atom. The molecule has 0 aliphatic heterocycles. The monoisotopic (exact) mass is 343 g/mol. The van der Waals surface area contributed by atoms with Crippen molar-refractivity contribution in [2.45, 2.75) is 6.61 Å². The minimum atomic E-state index is -0.279. The van der Waals surface area contributed by atoms with Gasteiger partial charge in [-0.05, 0) is 42.0 Å². The molecule has 0 fully saturated rings. The van der Waals surface area contributed by atoms with Crippen molar-refractivity contribution < 1.29 is 13.9 Å². The Kier molecular flexibility index (Phi) is 4.39. The number of hydrogen-bond donors (Lipinski definition) is 1. The second kappa shape index (κ2) is 7.15. The molecule has 4 nitrogen and oxygen atoms in total. The molecule has 128 valence electrons. The highest BCUT2D eigenvalue weighted by Crippen LogP contribution is 2.21. The van der Waals surface area contributed by atoms with Crippen LogP contribution in [0.3, 0.4) is 0 Å². The molecular weight excluding hydrogens is 326 g/mol. The van der Waals surface area contributed by atoms with Gasteiger partial charge in [-0.15, -0.1) is 0 Å². The zero-order valence-corrected chi connectivity index (χ0v) is 14.0. The summed E-state index contributed by atoms with van der Waals surface area (Å²) >= 11 is 0. The zero-order chi connectivity index (χ0) is 17.8. The molecule has 3 aromatic carbocycles. The van der Waals surface area contributed by atoms with Gasteiger partial charge in [-0.1, -0.05) is 48.5 Å². The highest BCUT2D eigenvalue weighted by molar-refractivity contribution is 6.04. The Bertz CT molecular complexity index is 987. The Labute approximate surface area is 151 Å². The third-order valence-electron chi connectivity index (χ3n) is 4.01. The van der Waals surface area contributed by atoms with E-state index in [4.69, 9.17) is 9.15 Å². The van der Waals surface area contributed by atoms with E-state index in [1.807, 2.05) is 66.7 Å². The van der Waals surface area contributed by atoms with E-state index >= 15 is 0 Å². The summed E-state index contributed by atoms with van der Waals surface area (Å²) in [5.74, 6) is 0.755. The van der Waals surface area contributed by atoms with Gasteiger partial charge in [0.2, 0.25) is 0 Å². The third-order valence-corrected chi connectivity index (χ3v) is 4.01. The zero-order valence-electron chi connectivity index (χ0n) is 14.0. The molecule has 1 amide bonds. The molecule has 1 aromatic heterocycles. The first-order valence-corrected chi connectivity index (χ1v) is 8.35. The van der Waals surface area contributed by atoms with Crippen LogP contribution in [0.4, 0.5) is 5.69 Å². The van der Waals surface area contributed by atoms with E-state index in [0.717, 1.165) is 16.7 Å². The first kappa shape index (κ1) is 16.0. The van der Waals surface area contributed by atoms with Gasteiger partial charge in [0.15, 0.2) is 5.76 Å². The maximum Gasteiger partial charge on any atom is 0.291 e. The van der Waals surface area contributed by atoms with E-state index in [9.17, 15) is 4.79 Å². The molecule has 0 saturated carbocycles. The molecule has 1 N–H and O–H groups in total. The molecule has 4 rings (SSSR count). The number of benzene rings is 3. The maximum absolute atomic E-state index is 12.3. The molecule has 4 heteroatoms. The molecule has 0 bridgehead atoms. The normalized spacial score (nSPS) is 10.6. The van der Waals surface area contributed by atoms with E-state index in [0.29, 0.717) is 17.9 Å². The number of carbonyl (C=O) groups is 1. The van der Waals surface area contributed by atoms with Crippen molar-refractivity contribution in [1.29, 1.82) is 0 Å². The molecule has 26 heavy (non-hydrogen) atoms. The van der Waals surface area contributed by atoms with Crippen molar-refractivity contribution in [3.05, 3.63) is 96.3 Å². The predicted molar refractivity (Wildman–Crippen MR) is 101 cm³/mol. The van der Waals surface area contributed by atoms with Gasteiger partial charge < -0.3 is 14.5 Å². The smallest absolute Gasteiger partial charge is 0.291 e. The first-order valence-electron chi connectivity index (χ1n) is 8.35. The van der Waals surface area contributed by atoms with Crippen LogP contribution in [0.25, 0.3) is 11.0 Å². The fraction of sp³-hybridized carbons (Fsp3) is 0.0455. The fourth-order valence-electron chi connectivity index (χ4n) is 2.66. The quantitative estimate of drug-likeness (QED) is 0.537. The summed E-state index contributed by atoms with van der Waals surface area (Å²) in [5.41, 5.74) is 2.49. The van der Waals surface area contributed by atoms with Gasteiger partial charge in [0.1, 0.15) is 17.9 Å². The van der Waals surface area contributed by atoms with Gasteiger partial charge in [-0.2, -0.15) is 0 Å². The lowest BCUT2D eigenvalue weighted by Gasteiger charge is -2.08. The van der Waals surface area contributed by atoms with Crippen LogP contribution in [0.1, 0.15) is 16.1 Å². The molecule has 0 aliphatic rings. The van der Waals surface area contributed by atoms with E-state index in [-0.39, 0.29) is 11.7 Å². The topological polar surface area (TPSA) is 51.5 Å². The van der Waals surface area contributed by atoms with E-state index in [1.54, 1.807) is 18.2 Å². The molecule has 0 aliphatic carbocycles.